The van der Waals surface area contributed by atoms with Gasteiger partial charge in [0.2, 0.25) is 0 Å². The van der Waals surface area contributed by atoms with E-state index in [1.54, 1.807) is 12.0 Å². The van der Waals surface area contributed by atoms with Crippen LogP contribution in [0.4, 0.5) is 4.39 Å². The van der Waals surface area contributed by atoms with E-state index in [1.807, 2.05) is 12.1 Å². The van der Waals surface area contributed by atoms with Crippen LogP contribution in [0.1, 0.15) is 22.0 Å². The van der Waals surface area contributed by atoms with Crippen molar-refractivity contribution in [2.75, 3.05) is 33.8 Å². The fourth-order valence-electron chi connectivity index (χ4n) is 4.45. The van der Waals surface area contributed by atoms with Crippen molar-refractivity contribution in [3.8, 4) is 5.75 Å². The van der Waals surface area contributed by atoms with Gasteiger partial charge in [-0.3, -0.25) is 14.7 Å². The Labute approximate surface area is 152 Å². The number of fused-ring (bicyclic) bond motifs is 1. The second kappa shape index (κ2) is 6.68. The standard InChI is InChI=1S/C20H22FN3O2/c1-23-10-14-11-24(20(25)16-7-8-22-9-18(16)21)12-17(14)19(23)13-3-5-15(26-2)6-4-13/h3-9,14,17,19H,10-12H2,1-2H3/t14-,17+,19-/m0/s1. The minimum Gasteiger partial charge on any atom is -0.497 e. The van der Waals surface area contributed by atoms with Gasteiger partial charge in [-0.15, -0.1) is 0 Å². The van der Waals surface area contributed by atoms with Crippen molar-refractivity contribution in [2.24, 2.45) is 11.8 Å². The highest BCUT2D eigenvalue weighted by Gasteiger charge is 2.47. The number of methoxy groups -OCH3 is 1. The second-order valence-electron chi connectivity index (χ2n) is 7.15. The average molecular weight is 355 g/mol. The van der Waals surface area contributed by atoms with E-state index in [-0.39, 0.29) is 17.5 Å². The van der Waals surface area contributed by atoms with Gasteiger partial charge in [-0.05, 0) is 36.7 Å². The number of halogens is 1. The molecule has 26 heavy (non-hydrogen) atoms. The molecule has 0 spiro atoms. The molecule has 1 amide bonds. The van der Waals surface area contributed by atoms with Crippen LogP contribution in [0.25, 0.3) is 0 Å². The maximum atomic E-state index is 13.9. The Hall–Kier alpha value is -2.47. The molecule has 5 nitrogen and oxygen atoms in total. The largest absolute Gasteiger partial charge is 0.497 e. The first kappa shape index (κ1) is 17.0. The van der Waals surface area contributed by atoms with E-state index in [1.165, 1.54) is 17.8 Å². The van der Waals surface area contributed by atoms with Crippen LogP contribution in [0.15, 0.2) is 42.7 Å². The first-order chi connectivity index (χ1) is 12.6. The summed E-state index contributed by atoms with van der Waals surface area (Å²) in [6.07, 6.45) is 2.55. The van der Waals surface area contributed by atoms with Crippen LogP contribution < -0.4 is 4.74 Å². The minimum atomic E-state index is -0.557. The molecule has 6 heteroatoms. The van der Waals surface area contributed by atoms with E-state index in [2.05, 4.69) is 29.1 Å². The molecule has 1 aromatic carbocycles. The van der Waals surface area contributed by atoms with Gasteiger partial charge in [0, 0.05) is 37.8 Å². The third-order valence-corrected chi connectivity index (χ3v) is 5.64. The lowest BCUT2D eigenvalue weighted by molar-refractivity contribution is 0.0763. The lowest BCUT2D eigenvalue weighted by atomic mass is 9.89. The van der Waals surface area contributed by atoms with Crippen LogP contribution in [-0.2, 0) is 0 Å². The zero-order chi connectivity index (χ0) is 18.3. The highest BCUT2D eigenvalue weighted by Crippen LogP contribution is 2.44. The molecule has 2 aliphatic rings. The Morgan fingerprint density at radius 1 is 1.19 bits per heavy atom. The molecule has 0 N–H and O–H groups in total. The third kappa shape index (κ3) is 2.84. The van der Waals surface area contributed by atoms with Crippen molar-refractivity contribution in [3.05, 3.63) is 59.7 Å². The molecule has 3 atom stereocenters. The Balaban J connectivity index is 1.54. The number of rotatable bonds is 3. The Bertz CT molecular complexity index is 811. The quantitative estimate of drug-likeness (QED) is 0.849. The summed E-state index contributed by atoms with van der Waals surface area (Å²) in [5, 5.41) is 0. The van der Waals surface area contributed by atoms with Gasteiger partial charge >= 0.3 is 0 Å². The van der Waals surface area contributed by atoms with Crippen molar-refractivity contribution in [3.63, 3.8) is 0 Å². The predicted molar refractivity (Wildman–Crippen MR) is 95.4 cm³/mol. The van der Waals surface area contributed by atoms with Crippen LogP contribution >= 0.6 is 0 Å². The van der Waals surface area contributed by atoms with Crippen LogP contribution in [0.2, 0.25) is 0 Å². The molecule has 2 aliphatic heterocycles. The Morgan fingerprint density at radius 3 is 2.65 bits per heavy atom. The van der Waals surface area contributed by atoms with Crippen molar-refractivity contribution in [1.82, 2.24) is 14.8 Å². The molecule has 0 unspecified atom stereocenters. The van der Waals surface area contributed by atoms with E-state index in [9.17, 15) is 9.18 Å². The van der Waals surface area contributed by atoms with Crippen LogP contribution in [0.5, 0.6) is 5.75 Å². The molecular formula is C20H22FN3O2. The number of nitrogens with zero attached hydrogens (tertiary/aromatic N) is 3. The number of ether oxygens (including phenoxy) is 1. The van der Waals surface area contributed by atoms with Crippen LogP contribution in [-0.4, -0.2) is 54.5 Å². The highest BCUT2D eigenvalue weighted by atomic mass is 19.1. The number of carbonyl (C=O) groups excluding carboxylic acids is 1. The lowest BCUT2D eigenvalue weighted by Gasteiger charge is -2.27. The predicted octanol–water partition coefficient (Wildman–Crippen LogP) is 2.60. The summed E-state index contributed by atoms with van der Waals surface area (Å²) in [4.78, 5) is 20.6. The van der Waals surface area contributed by atoms with Gasteiger partial charge in [-0.25, -0.2) is 4.39 Å². The summed E-state index contributed by atoms with van der Waals surface area (Å²) >= 11 is 0. The normalized spacial score (nSPS) is 25.3. The molecule has 2 saturated heterocycles. The van der Waals surface area contributed by atoms with Gasteiger partial charge in [-0.1, -0.05) is 12.1 Å². The molecule has 2 fully saturated rings. The maximum Gasteiger partial charge on any atom is 0.256 e. The SMILES string of the molecule is COc1ccc([C@H]2[C@@H]3CN(C(=O)c4ccncc4F)C[C@@H]3CN2C)cc1. The van der Waals surface area contributed by atoms with E-state index >= 15 is 0 Å². The van der Waals surface area contributed by atoms with Gasteiger partial charge in [-0.2, -0.15) is 0 Å². The summed E-state index contributed by atoms with van der Waals surface area (Å²) in [7, 11) is 3.79. The van der Waals surface area contributed by atoms with E-state index in [0.29, 0.717) is 24.9 Å². The molecule has 0 radical (unpaired) electrons. The fraction of sp³-hybridized carbons (Fsp3) is 0.400. The summed E-state index contributed by atoms with van der Waals surface area (Å²) < 4.78 is 19.2. The van der Waals surface area contributed by atoms with Gasteiger partial charge < -0.3 is 9.64 Å². The zero-order valence-electron chi connectivity index (χ0n) is 14.9. The van der Waals surface area contributed by atoms with E-state index in [0.717, 1.165) is 18.5 Å². The number of likely N-dealkylation sites (tertiary alicyclic amines) is 2. The molecule has 136 valence electrons. The molecule has 3 heterocycles. The Kier molecular flexibility index (Phi) is 4.36. The lowest BCUT2D eigenvalue weighted by Crippen LogP contribution is -2.33. The summed E-state index contributed by atoms with van der Waals surface area (Å²) in [5.74, 6) is 0.791. The number of carbonyl (C=O) groups is 1. The average Bonchev–Trinajstić information content (AvgIpc) is 3.18. The summed E-state index contributed by atoms with van der Waals surface area (Å²) in [6, 6.07) is 9.84. The number of hydrogen-bond acceptors (Lipinski definition) is 4. The van der Waals surface area contributed by atoms with Crippen molar-refractivity contribution >= 4 is 5.91 Å². The Morgan fingerprint density at radius 2 is 1.96 bits per heavy atom. The number of benzene rings is 1. The molecule has 0 bridgehead atoms. The summed E-state index contributed by atoms with van der Waals surface area (Å²) in [5.41, 5.74) is 1.33. The minimum absolute atomic E-state index is 0.106. The molecule has 1 aromatic heterocycles. The smallest absolute Gasteiger partial charge is 0.256 e. The molecule has 0 saturated carbocycles. The van der Waals surface area contributed by atoms with Crippen molar-refractivity contribution in [1.29, 1.82) is 0 Å². The number of aromatic nitrogens is 1. The zero-order valence-corrected chi connectivity index (χ0v) is 14.9. The highest BCUT2D eigenvalue weighted by molar-refractivity contribution is 5.94. The molecule has 4 rings (SSSR count). The molecular weight excluding hydrogens is 333 g/mol. The number of hydrogen-bond donors (Lipinski definition) is 0. The van der Waals surface area contributed by atoms with Gasteiger partial charge in [0.05, 0.1) is 18.9 Å². The van der Waals surface area contributed by atoms with Gasteiger partial charge in [0.15, 0.2) is 5.82 Å². The van der Waals surface area contributed by atoms with Gasteiger partial charge in [0.1, 0.15) is 5.75 Å². The van der Waals surface area contributed by atoms with Crippen LogP contribution in [0, 0.1) is 17.7 Å². The summed E-state index contributed by atoms with van der Waals surface area (Å²) in [6.45, 7) is 2.25. The topological polar surface area (TPSA) is 45.7 Å². The van der Waals surface area contributed by atoms with Crippen molar-refractivity contribution < 1.29 is 13.9 Å². The first-order valence-electron chi connectivity index (χ1n) is 8.81. The second-order valence-corrected chi connectivity index (χ2v) is 7.15. The van der Waals surface area contributed by atoms with E-state index < -0.39 is 5.82 Å². The van der Waals surface area contributed by atoms with Crippen molar-refractivity contribution in [2.45, 2.75) is 6.04 Å². The maximum absolute atomic E-state index is 13.9. The van der Waals surface area contributed by atoms with Crippen LogP contribution in [0.3, 0.4) is 0 Å². The third-order valence-electron chi connectivity index (χ3n) is 5.64. The fourth-order valence-corrected chi connectivity index (χ4v) is 4.45. The van der Waals surface area contributed by atoms with Gasteiger partial charge in [0.25, 0.3) is 5.91 Å². The monoisotopic (exact) mass is 355 g/mol. The number of amides is 1. The number of pyridine rings is 1. The molecule has 2 aromatic rings. The van der Waals surface area contributed by atoms with E-state index in [4.69, 9.17) is 4.74 Å². The molecule has 0 aliphatic carbocycles. The first-order valence-corrected chi connectivity index (χ1v) is 8.81.